The maximum atomic E-state index is 12.1. The monoisotopic (exact) mass is 408 g/mol. The van der Waals surface area contributed by atoms with Crippen LogP contribution < -0.4 is 11.0 Å². The van der Waals surface area contributed by atoms with Gasteiger partial charge < -0.3 is 4.98 Å². The van der Waals surface area contributed by atoms with E-state index in [9.17, 15) is 9.59 Å². The van der Waals surface area contributed by atoms with Crippen LogP contribution in [0.3, 0.4) is 0 Å². The Morgan fingerprint density at radius 1 is 1.17 bits per heavy atom. The fourth-order valence-corrected chi connectivity index (χ4v) is 3.57. The maximum absolute atomic E-state index is 12.1. The van der Waals surface area contributed by atoms with E-state index in [1.807, 2.05) is 0 Å². The van der Waals surface area contributed by atoms with Crippen LogP contribution in [0.1, 0.15) is 47.7 Å². The lowest BCUT2D eigenvalue weighted by molar-refractivity contribution is -0.120. The summed E-state index contributed by atoms with van der Waals surface area (Å²) in [6, 6.07) is 9.90. The van der Waals surface area contributed by atoms with Gasteiger partial charge in [0.15, 0.2) is 4.77 Å². The molecule has 0 fully saturated rings. The predicted octanol–water partition coefficient (Wildman–Crippen LogP) is 3.97. The second-order valence-electron chi connectivity index (χ2n) is 7.47. The lowest BCUT2D eigenvalue weighted by Gasteiger charge is -2.04. The third kappa shape index (κ3) is 4.86. The molecule has 0 radical (unpaired) electrons. The molecule has 0 atom stereocenters. The molecule has 1 heterocycles. The van der Waals surface area contributed by atoms with Gasteiger partial charge in [-0.2, -0.15) is 5.10 Å². The summed E-state index contributed by atoms with van der Waals surface area (Å²) in [4.78, 5) is 28.8. The number of carbonyl (C=O) groups is 1. The molecule has 0 aliphatic heterocycles. The molecule has 3 N–H and O–H groups in total. The average molecular weight is 409 g/mol. The molecule has 0 aromatic carbocycles. The first-order valence-corrected chi connectivity index (χ1v) is 9.83. The SMILES string of the molecule is Cc1cc(/C=N\NC(=O)Cc2cc(=O)[nH]c(=S)[nH]2)c2c(C)ccc(C(C)C)cc1-2. The Hall–Kier alpha value is -3.06. The Bertz CT molecular complexity index is 1150. The average Bonchev–Trinajstić information content (AvgIpc) is 2.80. The van der Waals surface area contributed by atoms with E-state index in [0.717, 1.165) is 16.7 Å². The van der Waals surface area contributed by atoms with Crippen LogP contribution in [0.25, 0.3) is 11.1 Å². The van der Waals surface area contributed by atoms with Gasteiger partial charge in [-0.15, -0.1) is 0 Å². The Labute approximate surface area is 174 Å². The fourth-order valence-electron chi connectivity index (χ4n) is 3.34. The number of hydrogen-bond acceptors (Lipinski definition) is 4. The summed E-state index contributed by atoms with van der Waals surface area (Å²) in [6.45, 7) is 8.52. The van der Waals surface area contributed by atoms with Crippen LogP contribution in [0, 0.1) is 18.6 Å². The molecule has 6 nitrogen and oxygen atoms in total. The normalized spacial score (nSPS) is 11.5. The van der Waals surface area contributed by atoms with Gasteiger partial charge in [-0.05, 0) is 65.9 Å². The van der Waals surface area contributed by atoms with Crippen molar-refractivity contribution in [2.24, 2.45) is 5.10 Å². The number of hydrogen-bond donors (Lipinski definition) is 3. The molecule has 1 amide bonds. The number of nitrogens with one attached hydrogen (secondary N) is 3. The molecular formula is C22H24N4O2S. The molecule has 0 spiro atoms. The lowest BCUT2D eigenvalue weighted by atomic mass is 10.0. The second-order valence-corrected chi connectivity index (χ2v) is 7.88. The van der Waals surface area contributed by atoms with Crippen LogP contribution in [0.15, 0.2) is 40.2 Å². The van der Waals surface area contributed by atoms with Crippen molar-refractivity contribution in [2.75, 3.05) is 0 Å². The van der Waals surface area contributed by atoms with Gasteiger partial charge in [0, 0.05) is 17.3 Å². The highest BCUT2D eigenvalue weighted by atomic mass is 32.1. The van der Waals surface area contributed by atoms with Gasteiger partial charge in [0.05, 0.1) is 12.6 Å². The number of aromatic nitrogens is 2. The highest BCUT2D eigenvalue weighted by molar-refractivity contribution is 7.71. The maximum Gasteiger partial charge on any atom is 0.251 e. The van der Waals surface area contributed by atoms with Gasteiger partial charge in [0.2, 0.25) is 5.91 Å². The minimum atomic E-state index is -0.345. The van der Waals surface area contributed by atoms with Crippen molar-refractivity contribution in [3.05, 3.63) is 73.4 Å². The number of rotatable bonds is 5. The molecule has 2 aliphatic carbocycles. The zero-order valence-electron chi connectivity index (χ0n) is 16.9. The molecule has 0 saturated carbocycles. The number of aryl methyl sites for hydroxylation is 2. The van der Waals surface area contributed by atoms with Crippen LogP contribution >= 0.6 is 12.2 Å². The summed E-state index contributed by atoms with van der Waals surface area (Å²) in [5, 5.41) is 4.11. The third-order valence-electron chi connectivity index (χ3n) is 4.81. The minimum absolute atomic E-state index is 0.0164. The van der Waals surface area contributed by atoms with E-state index in [1.165, 1.54) is 22.8 Å². The highest BCUT2D eigenvalue weighted by Gasteiger charge is 2.15. The number of amides is 1. The smallest absolute Gasteiger partial charge is 0.251 e. The first kappa shape index (κ1) is 20.7. The van der Waals surface area contributed by atoms with Crippen molar-refractivity contribution >= 4 is 24.3 Å². The summed E-state index contributed by atoms with van der Waals surface area (Å²) in [7, 11) is 0. The van der Waals surface area contributed by atoms with E-state index in [2.05, 4.69) is 72.5 Å². The third-order valence-corrected chi connectivity index (χ3v) is 5.02. The van der Waals surface area contributed by atoms with Crippen LogP contribution in [0.2, 0.25) is 0 Å². The Morgan fingerprint density at radius 2 is 1.93 bits per heavy atom. The van der Waals surface area contributed by atoms with Crippen LogP contribution in [-0.2, 0) is 11.2 Å². The molecule has 0 bridgehead atoms. The molecule has 0 saturated heterocycles. The summed E-state index contributed by atoms with van der Waals surface area (Å²) in [5.41, 5.74) is 9.49. The number of H-pyrrole nitrogens is 2. The fraction of sp³-hybridized carbons (Fsp3) is 0.273. The lowest BCUT2D eigenvalue weighted by Crippen LogP contribution is -2.21. The zero-order valence-corrected chi connectivity index (χ0v) is 17.7. The molecule has 150 valence electrons. The van der Waals surface area contributed by atoms with E-state index in [4.69, 9.17) is 12.2 Å². The summed E-state index contributed by atoms with van der Waals surface area (Å²) in [6.07, 6.45) is 1.65. The number of nitrogens with zero attached hydrogens (tertiary/aromatic N) is 1. The largest absolute Gasteiger partial charge is 0.335 e. The molecule has 29 heavy (non-hydrogen) atoms. The zero-order chi connectivity index (χ0) is 21.1. The van der Waals surface area contributed by atoms with E-state index in [1.54, 1.807) is 6.21 Å². The first-order chi connectivity index (χ1) is 13.7. The molecule has 1 aromatic heterocycles. The highest BCUT2D eigenvalue weighted by Crippen LogP contribution is 2.35. The Morgan fingerprint density at radius 3 is 2.62 bits per heavy atom. The number of carbonyl (C=O) groups excluding carboxylic acids is 1. The standard InChI is InChI=1S/C22H24N4O2S/c1-12(2)15-6-5-13(3)21-16(7-14(4)18(21)8-15)11-23-26-20(28)10-17-9-19(27)25-22(29)24-17/h5-9,11-12H,10H2,1-4H3,(H,26,28)(H2,24,25,27,29)/b23-11-. The number of hydrazone groups is 1. The summed E-state index contributed by atoms with van der Waals surface area (Å²) < 4.78 is 0.187. The van der Waals surface area contributed by atoms with Crippen molar-refractivity contribution in [1.29, 1.82) is 0 Å². The van der Waals surface area contributed by atoms with E-state index >= 15 is 0 Å². The van der Waals surface area contributed by atoms with Crippen molar-refractivity contribution in [3.63, 3.8) is 0 Å². The van der Waals surface area contributed by atoms with E-state index in [0.29, 0.717) is 11.6 Å². The van der Waals surface area contributed by atoms with E-state index in [-0.39, 0.29) is 22.7 Å². The van der Waals surface area contributed by atoms with Gasteiger partial charge in [0.25, 0.3) is 5.56 Å². The summed E-state index contributed by atoms with van der Waals surface area (Å²) >= 11 is 4.91. The van der Waals surface area contributed by atoms with E-state index < -0.39 is 0 Å². The predicted molar refractivity (Wildman–Crippen MR) is 118 cm³/mol. The molecule has 1 aromatic rings. The number of aromatic amines is 2. The molecular weight excluding hydrogens is 384 g/mol. The van der Waals surface area contributed by atoms with Crippen molar-refractivity contribution in [3.8, 4) is 11.1 Å². The van der Waals surface area contributed by atoms with Gasteiger partial charge in [-0.3, -0.25) is 14.6 Å². The van der Waals surface area contributed by atoms with Gasteiger partial charge in [-0.1, -0.05) is 32.0 Å². The van der Waals surface area contributed by atoms with Gasteiger partial charge in [0.1, 0.15) is 0 Å². The minimum Gasteiger partial charge on any atom is -0.335 e. The quantitative estimate of drug-likeness (QED) is 0.339. The number of fused-ring (bicyclic) bond motifs is 1. The summed E-state index contributed by atoms with van der Waals surface area (Å²) in [5.74, 6) is 0.0998. The van der Waals surface area contributed by atoms with Crippen molar-refractivity contribution in [2.45, 2.75) is 40.0 Å². The molecule has 2 aliphatic rings. The first-order valence-electron chi connectivity index (χ1n) is 9.43. The molecule has 3 rings (SSSR count). The van der Waals surface area contributed by atoms with Crippen molar-refractivity contribution < 1.29 is 4.79 Å². The van der Waals surface area contributed by atoms with Crippen LogP contribution in [0.5, 0.6) is 0 Å². The Kier molecular flexibility index (Phi) is 6.08. The second kappa shape index (κ2) is 8.53. The van der Waals surface area contributed by atoms with Crippen LogP contribution in [0.4, 0.5) is 0 Å². The topological polar surface area (TPSA) is 90.1 Å². The van der Waals surface area contributed by atoms with Crippen LogP contribution in [-0.4, -0.2) is 22.1 Å². The van der Waals surface area contributed by atoms with Gasteiger partial charge >= 0.3 is 0 Å². The van der Waals surface area contributed by atoms with Gasteiger partial charge in [-0.25, -0.2) is 5.43 Å². The molecule has 0 unspecified atom stereocenters. The Balaban J connectivity index is 1.80. The van der Waals surface area contributed by atoms with Crippen molar-refractivity contribution in [1.82, 2.24) is 15.4 Å². The molecule has 7 heteroatoms.